The van der Waals surface area contributed by atoms with Crippen LogP contribution in [0.25, 0.3) is 0 Å². The Balaban J connectivity index is 2.48. The second-order valence-electron chi connectivity index (χ2n) is 3.96. The molecular formula is C12H16FNO3. The van der Waals surface area contributed by atoms with Crippen LogP contribution in [0, 0.1) is 5.82 Å². The van der Waals surface area contributed by atoms with E-state index in [1.807, 2.05) is 0 Å². The molecule has 0 radical (unpaired) electrons. The van der Waals surface area contributed by atoms with Crippen LogP contribution in [-0.2, 0) is 16.1 Å². The van der Waals surface area contributed by atoms with Crippen molar-refractivity contribution in [2.45, 2.75) is 19.1 Å². The lowest BCUT2D eigenvalue weighted by molar-refractivity contribution is -0.159. The average molecular weight is 241 g/mol. The van der Waals surface area contributed by atoms with Crippen LogP contribution in [0.3, 0.4) is 0 Å². The Hall–Kier alpha value is -1.46. The van der Waals surface area contributed by atoms with Gasteiger partial charge in [0.25, 0.3) is 0 Å². The number of nitrogens with one attached hydrogen (secondary N) is 1. The van der Waals surface area contributed by atoms with E-state index in [0.717, 1.165) is 0 Å². The van der Waals surface area contributed by atoms with Gasteiger partial charge in [-0.05, 0) is 13.0 Å². The first-order valence-corrected chi connectivity index (χ1v) is 5.22. The molecule has 1 aromatic rings. The largest absolute Gasteiger partial charge is 0.467 e. The molecule has 1 aromatic carbocycles. The Morgan fingerprint density at radius 2 is 2.18 bits per heavy atom. The van der Waals surface area contributed by atoms with Gasteiger partial charge in [0.1, 0.15) is 5.82 Å². The molecule has 94 valence electrons. The highest BCUT2D eigenvalue weighted by atomic mass is 19.1. The Morgan fingerprint density at radius 3 is 2.76 bits per heavy atom. The van der Waals surface area contributed by atoms with Crippen molar-refractivity contribution in [3.63, 3.8) is 0 Å². The van der Waals surface area contributed by atoms with Gasteiger partial charge in [0.15, 0.2) is 5.60 Å². The van der Waals surface area contributed by atoms with Gasteiger partial charge in [0.05, 0.1) is 7.11 Å². The predicted octanol–water partition coefficient (Wildman–Crippen LogP) is 0.839. The number of benzene rings is 1. The standard InChI is InChI=1S/C12H16FNO3/c1-12(16,11(15)17-2)8-14-7-9-5-3-4-6-10(9)13/h3-6,14,16H,7-8H2,1-2H3. The van der Waals surface area contributed by atoms with Gasteiger partial charge in [-0.2, -0.15) is 0 Å². The predicted molar refractivity (Wildman–Crippen MR) is 60.7 cm³/mol. The van der Waals surface area contributed by atoms with E-state index in [4.69, 9.17) is 0 Å². The molecule has 0 aliphatic rings. The van der Waals surface area contributed by atoms with Crippen molar-refractivity contribution in [3.05, 3.63) is 35.6 Å². The maximum Gasteiger partial charge on any atom is 0.338 e. The van der Waals surface area contributed by atoms with Crippen LogP contribution in [0.1, 0.15) is 12.5 Å². The van der Waals surface area contributed by atoms with E-state index in [1.165, 1.54) is 20.1 Å². The van der Waals surface area contributed by atoms with E-state index in [9.17, 15) is 14.3 Å². The van der Waals surface area contributed by atoms with Crippen molar-refractivity contribution >= 4 is 5.97 Å². The van der Waals surface area contributed by atoms with Crippen molar-refractivity contribution in [1.82, 2.24) is 5.32 Å². The van der Waals surface area contributed by atoms with E-state index in [0.29, 0.717) is 5.56 Å². The van der Waals surface area contributed by atoms with E-state index in [-0.39, 0.29) is 18.9 Å². The molecule has 0 saturated heterocycles. The molecular weight excluding hydrogens is 225 g/mol. The van der Waals surface area contributed by atoms with Crippen LogP contribution >= 0.6 is 0 Å². The van der Waals surface area contributed by atoms with Gasteiger partial charge < -0.3 is 15.2 Å². The molecule has 0 amide bonds. The van der Waals surface area contributed by atoms with Crippen LogP contribution in [0.15, 0.2) is 24.3 Å². The third-order valence-electron chi connectivity index (χ3n) is 2.37. The fourth-order valence-electron chi connectivity index (χ4n) is 1.37. The summed E-state index contributed by atoms with van der Waals surface area (Å²) in [7, 11) is 1.20. The number of aliphatic hydroxyl groups is 1. The maximum atomic E-state index is 13.2. The van der Waals surface area contributed by atoms with Gasteiger partial charge in [-0.15, -0.1) is 0 Å². The Morgan fingerprint density at radius 1 is 1.53 bits per heavy atom. The number of carbonyl (C=O) groups excluding carboxylic acids is 1. The van der Waals surface area contributed by atoms with Crippen LogP contribution in [0.4, 0.5) is 4.39 Å². The molecule has 0 aliphatic heterocycles. The first-order chi connectivity index (χ1) is 7.97. The zero-order valence-corrected chi connectivity index (χ0v) is 9.87. The third-order valence-corrected chi connectivity index (χ3v) is 2.37. The Bertz CT molecular complexity index is 393. The number of methoxy groups -OCH3 is 1. The molecule has 4 nitrogen and oxygen atoms in total. The third kappa shape index (κ3) is 3.80. The fourth-order valence-corrected chi connectivity index (χ4v) is 1.37. The number of carbonyl (C=O) groups is 1. The van der Waals surface area contributed by atoms with Gasteiger partial charge in [-0.3, -0.25) is 0 Å². The Kier molecular flexibility index (Phi) is 4.60. The van der Waals surface area contributed by atoms with E-state index in [1.54, 1.807) is 18.2 Å². The SMILES string of the molecule is COC(=O)C(C)(O)CNCc1ccccc1F. The number of rotatable bonds is 5. The normalized spacial score (nSPS) is 14.1. The maximum absolute atomic E-state index is 13.2. The minimum Gasteiger partial charge on any atom is -0.467 e. The monoisotopic (exact) mass is 241 g/mol. The van der Waals surface area contributed by atoms with Gasteiger partial charge in [-0.25, -0.2) is 9.18 Å². The molecule has 1 unspecified atom stereocenters. The summed E-state index contributed by atoms with van der Waals surface area (Å²) >= 11 is 0. The zero-order valence-electron chi connectivity index (χ0n) is 9.87. The smallest absolute Gasteiger partial charge is 0.338 e. The van der Waals surface area contributed by atoms with Crippen molar-refractivity contribution < 1.29 is 19.0 Å². The zero-order chi connectivity index (χ0) is 12.9. The lowest BCUT2D eigenvalue weighted by atomic mass is 10.1. The highest BCUT2D eigenvalue weighted by molar-refractivity contribution is 5.78. The second-order valence-corrected chi connectivity index (χ2v) is 3.96. The molecule has 5 heteroatoms. The van der Waals surface area contributed by atoms with Crippen molar-refractivity contribution in [3.8, 4) is 0 Å². The second kappa shape index (κ2) is 5.75. The number of halogens is 1. The van der Waals surface area contributed by atoms with E-state index >= 15 is 0 Å². The van der Waals surface area contributed by atoms with E-state index in [2.05, 4.69) is 10.1 Å². The summed E-state index contributed by atoms with van der Waals surface area (Å²) in [5.41, 5.74) is -1.13. The molecule has 1 atom stereocenters. The summed E-state index contributed by atoms with van der Waals surface area (Å²) in [6.45, 7) is 1.57. The molecule has 0 aliphatic carbocycles. The summed E-state index contributed by atoms with van der Waals surface area (Å²) in [5.74, 6) is -1.05. The highest BCUT2D eigenvalue weighted by Crippen LogP contribution is 2.07. The van der Waals surface area contributed by atoms with Crippen LogP contribution in [-0.4, -0.2) is 30.3 Å². The molecule has 17 heavy (non-hydrogen) atoms. The molecule has 2 N–H and O–H groups in total. The Labute approximate surface area is 99.4 Å². The number of hydrogen-bond donors (Lipinski definition) is 2. The van der Waals surface area contributed by atoms with Crippen molar-refractivity contribution in [2.24, 2.45) is 0 Å². The van der Waals surface area contributed by atoms with Gasteiger partial charge in [-0.1, -0.05) is 18.2 Å². The molecule has 0 aromatic heterocycles. The summed E-state index contributed by atoms with van der Waals surface area (Å²) in [4.78, 5) is 11.2. The number of esters is 1. The van der Waals surface area contributed by atoms with E-state index < -0.39 is 11.6 Å². The molecule has 1 rings (SSSR count). The van der Waals surface area contributed by atoms with Gasteiger partial charge in [0.2, 0.25) is 0 Å². The average Bonchev–Trinajstić information content (AvgIpc) is 2.30. The highest BCUT2D eigenvalue weighted by Gasteiger charge is 2.30. The quantitative estimate of drug-likeness (QED) is 0.750. The minimum absolute atomic E-state index is 0.00594. The summed E-state index contributed by atoms with van der Waals surface area (Å²) in [6.07, 6.45) is 0. The van der Waals surface area contributed by atoms with Crippen molar-refractivity contribution in [1.29, 1.82) is 0 Å². The van der Waals surface area contributed by atoms with Gasteiger partial charge in [0, 0.05) is 18.7 Å². The fraction of sp³-hybridized carbons (Fsp3) is 0.417. The molecule has 0 fully saturated rings. The first kappa shape index (κ1) is 13.6. The molecule has 0 saturated carbocycles. The van der Waals surface area contributed by atoms with Gasteiger partial charge >= 0.3 is 5.97 Å². The molecule has 0 heterocycles. The topological polar surface area (TPSA) is 58.6 Å². The van der Waals surface area contributed by atoms with Crippen molar-refractivity contribution in [2.75, 3.05) is 13.7 Å². The lowest BCUT2D eigenvalue weighted by Crippen LogP contribution is -2.45. The summed E-state index contributed by atoms with van der Waals surface area (Å²) < 4.78 is 17.7. The van der Waals surface area contributed by atoms with Crippen LogP contribution in [0.2, 0.25) is 0 Å². The minimum atomic E-state index is -1.61. The lowest BCUT2D eigenvalue weighted by Gasteiger charge is -2.20. The summed E-state index contributed by atoms with van der Waals surface area (Å²) in [5, 5.41) is 12.5. The summed E-state index contributed by atoms with van der Waals surface area (Å²) in [6, 6.07) is 6.31. The van der Waals surface area contributed by atoms with Crippen LogP contribution in [0.5, 0.6) is 0 Å². The first-order valence-electron chi connectivity index (χ1n) is 5.22. The number of ether oxygens (including phenoxy) is 1. The van der Waals surface area contributed by atoms with Crippen LogP contribution < -0.4 is 5.32 Å². The molecule has 0 bridgehead atoms. The number of hydrogen-bond acceptors (Lipinski definition) is 4. The molecule has 0 spiro atoms.